The fraction of sp³-hybridized carbons (Fsp3) is 0.100. The zero-order valence-electron chi connectivity index (χ0n) is 14.5. The van der Waals surface area contributed by atoms with Gasteiger partial charge in [-0.05, 0) is 66.4 Å². The number of thiophene rings is 1. The summed E-state index contributed by atoms with van der Waals surface area (Å²) in [4.78, 5) is 24.8. The maximum atomic E-state index is 12.1. The first-order chi connectivity index (χ1) is 13.0. The van der Waals surface area contributed by atoms with E-state index in [9.17, 15) is 9.59 Å². The Morgan fingerprint density at radius 1 is 1.07 bits per heavy atom. The van der Waals surface area contributed by atoms with Gasteiger partial charge in [-0.1, -0.05) is 17.7 Å². The minimum Gasteiger partial charge on any atom is -0.484 e. The van der Waals surface area contributed by atoms with Crippen LogP contribution in [0.25, 0.3) is 0 Å². The molecule has 27 heavy (non-hydrogen) atoms. The van der Waals surface area contributed by atoms with E-state index in [-0.39, 0.29) is 18.4 Å². The predicted molar refractivity (Wildman–Crippen MR) is 109 cm³/mol. The summed E-state index contributed by atoms with van der Waals surface area (Å²) in [5.74, 6) is 0.137. The predicted octanol–water partition coefficient (Wildman–Crippen LogP) is 4.98. The Balaban J connectivity index is 1.55. The van der Waals surface area contributed by atoms with Crippen LogP contribution in [-0.2, 0) is 4.79 Å². The van der Waals surface area contributed by atoms with Gasteiger partial charge < -0.3 is 15.4 Å². The Hall–Kier alpha value is -2.83. The first kappa shape index (κ1) is 18.9. The van der Waals surface area contributed by atoms with Gasteiger partial charge in [0.05, 0.1) is 4.88 Å². The summed E-state index contributed by atoms with van der Waals surface area (Å²) in [5, 5.41) is 8.10. The number of benzene rings is 2. The van der Waals surface area contributed by atoms with Crippen LogP contribution in [0.3, 0.4) is 0 Å². The van der Waals surface area contributed by atoms with Gasteiger partial charge in [-0.2, -0.15) is 0 Å². The molecular formula is C20H17ClN2O3S. The number of hydrogen-bond acceptors (Lipinski definition) is 4. The van der Waals surface area contributed by atoms with Gasteiger partial charge >= 0.3 is 0 Å². The van der Waals surface area contributed by atoms with Crippen LogP contribution in [0.1, 0.15) is 15.2 Å². The van der Waals surface area contributed by atoms with E-state index in [0.717, 1.165) is 5.56 Å². The maximum absolute atomic E-state index is 12.1. The summed E-state index contributed by atoms with van der Waals surface area (Å²) in [5.41, 5.74) is 2.17. The van der Waals surface area contributed by atoms with Crippen molar-refractivity contribution in [2.45, 2.75) is 6.92 Å². The second-order valence-electron chi connectivity index (χ2n) is 5.75. The molecule has 0 unspecified atom stereocenters. The largest absolute Gasteiger partial charge is 0.484 e. The zero-order chi connectivity index (χ0) is 19.2. The lowest BCUT2D eigenvalue weighted by Crippen LogP contribution is -2.20. The van der Waals surface area contributed by atoms with Crippen molar-refractivity contribution < 1.29 is 14.3 Å². The first-order valence-corrected chi connectivity index (χ1v) is 9.41. The molecule has 3 aromatic rings. The number of rotatable bonds is 6. The summed E-state index contributed by atoms with van der Waals surface area (Å²) >= 11 is 7.19. The third kappa shape index (κ3) is 5.32. The van der Waals surface area contributed by atoms with E-state index in [2.05, 4.69) is 10.6 Å². The molecule has 5 nitrogen and oxygen atoms in total. The molecule has 2 N–H and O–H groups in total. The van der Waals surface area contributed by atoms with Crippen molar-refractivity contribution in [3.8, 4) is 5.75 Å². The number of amides is 2. The van der Waals surface area contributed by atoms with Crippen LogP contribution >= 0.6 is 22.9 Å². The van der Waals surface area contributed by atoms with Gasteiger partial charge in [-0.15, -0.1) is 11.3 Å². The van der Waals surface area contributed by atoms with Crippen LogP contribution in [0.15, 0.2) is 60.0 Å². The SMILES string of the molecule is Cc1cc(NC(=O)COc2ccc(Cl)cc2)ccc1NC(=O)c1cccs1. The van der Waals surface area contributed by atoms with Crippen molar-refractivity contribution in [3.63, 3.8) is 0 Å². The van der Waals surface area contributed by atoms with Gasteiger partial charge in [0, 0.05) is 16.4 Å². The highest BCUT2D eigenvalue weighted by Gasteiger charge is 2.10. The lowest BCUT2D eigenvalue weighted by Gasteiger charge is -2.11. The smallest absolute Gasteiger partial charge is 0.265 e. The van der Waals surface area contributed by atoms with Gasteiger partial charge in [0.2, 0.25) is 0 Å². The van der Waals surface area contributed by atoms with Gasteiger partial charge in [0.15, 0.2) is 6.61 Å². The summed E-state index contributed by atoms with van der Waals surface area (Å²) in [7, 11) is 0. The molecule has 0 bridgehead atoms. The number of aryl methyl sites for hydroxylation is 1. The third-order valence-electron chi connectivity index (χ3n) is 3.69. The molecule has 2 aromatic carbocycles. The van der Waals surface area contributed by atoms with Crippen molar-refractivity contribution in [2.75, 3.05) is 17.2 Å². The molecule has 0 radical (unpaired) electrons. The molecule has 3 rings (SSSR count). The molecule has 0 saturated carbocycles. The molecule has 0 aliphatic heterocycles. The van der Waals surface area contributed by atoms with Gasteiger partial charge in [0.25, 0.3) is 11.8 Å². The van der Waals surface area contributed by atoms with E-state index in [0.29, 0.717) is 27.0 Å². The molecule has 0 aliphatic carbocycles. The molecule has 0 atom stereocenters. The number of nitrogens with one attached hydrogen (secondary N) is 2. The number of carbonyl (C=O) groups excluding carboxylic acids is 2. The average Bonchev–Trinajstić information content (AvgIpc) is 3.18. The lowest BCUT2D eigenvalue weighted by atomic mass is 10.1. The van der Waals surface area contributed by atoms with Crippen molar-refractivity contribution in [3.05, 3.63) is 75.4 Å². The van der Waals surface area contributed by atoms with Crippen molar-refractivity contribution in [2.24, 2.45) is 0 Å². The molecule has 7 heteroatoms. The van der Waals surface area contributed by atoms with Crippen LogP contribution in [0, 0.1) is 6.92 Å². The van der Waals surface area contributed by atoms with E-state index in [1.807, 2.05) is 18.4 Å². The second kappa shape index (κ2) is 8.70. The van der Waals surface area contributed by atoms with Gasteiger partial charge in [-0.25, -0.2) is 0 Å². The number of halogens is 1. The normalized spacial score (nSPS) is 10.3. The van der Waals surface area contributed by atoms with Crippen molar-refractivity contribution in [1.82, 2.24) is 0 Å². The topological polar surface area (TPSA) is 67.4 Å². The number of hydrogen-bond donors (Lipinski definition) is 2. The highest BCUT2D eigenvalue weighted by atomic mass is 35.5. The van der Waals surface area contributed by atoms with Crippen LogP contribution in [0.5, 0.6) is 5.75 Å². The summed E-state index contributed by atoms with van der Waals surface area (Å²) in [6, 6.07) is 15.7. The Bertz CT molecular complexity index is 940. The highest BCUT2D eigenvalue weighted by molar-refractivity contribution is 7.12. The Labute approximate surface area is 165 Å². The maximum Gasteiger partial charge on any atom is 0.265 e. The second-order valence-corrected chi connectivity index (χ2v) is 7.14. The minimum atomic E-state index is -0.278. The van der Waals surface area contributed by atoms with Crippen molar-refractivity contribution >= 4 is 46.1 Å². The quantitative estimate of drug-likeness (QED) is 0.613. The Morgan fingerprint density at radius 3 is 2.52 bits per heavy atom. The fourth-order valence-electron chi connectivity index (χ4n) is 2.35. The number of carbonyl (C=O) groups is 2. The Kier molecular flexibility index (Phi) is 6.11. The molecule has 138 valence electrons. The summed E-state index contributed by atoms with van der Waals surface area (Å²) in [6.07, 6.45) is 0. The van der Waals surface area contributed by atoms with Gasteiger partial charge in [-0.3, -0.25) is 9.59 Å². The lowest BCUT2D eigenvalue weighted by molar-refractivity contribution is -0.118. The van der Waals surface area contributed by atoms with Crippen molar-refractivity contribution in [1.29, 1.82) is 0 Å². The number of anilines is 2. The molecule has 0 aliphatic rings. The average molecular weight is 401 g/mol. The molecule has 1 aromatic heterocycles. The van der Waals surface area contributed by atoms with E-state index in [4.69, 9.17) is 16.3 Å². The zero-order valence-corrected chi connectivity index (χ0v) is 16.1. The van der Waals surface area contributed by atoms with E-state index >= 15 is 0 Å². The van der Waals surface area contributed by atoms with E-state index in [1.54, 1.807) is 48.5 Å². The number of ether oxygens (including phenoxy) is 1. The summed E-state index contributed by atoms with van der Waals surface area (Å²) in [6.45, 7) is 1.75. The van der Waals surface area contributed by atoms with E-state index in [1.165, 1.54) is 11.3 Å². The van der Waals surface area contributed by atoms with Crippen LogP contribution < -0.4 is 15.4 Å². The van der Waals surface area contributed by atoms with Gasteiger partial charge in [0.1, 0.15) is 5.75 Å². The van der Waals surface area contributed by atoms with Crippen LogP contribution in [0.4, 0.5) is 11.4 Å². The molecule has 0 saturated heterocycles. The molecule has 2 amide bonds. The molecule has 0 spiro atoms. The first-order valence-electron chi connectivity index (χ1n) is 8.15. The molecule has 0 fully saturated rings. The fourth-order valence-corrected chi connectivity index (χ4v) is 3.10. The standard InChI is InChI=1S/C20H17ClN2O3S/c1-13-11-15(6-9-17(13)23-20(25)18-3-2-10-27-18)22-19(24)12-26-16-7-4-14(21)5-8-16/h2-11H,12H2,1H3,(H,22,24)(H,23,25). The monoisotopic (exact) mass is 400 g/mol. The Morgan fingerprint density at radius 2 is 1.85 bits per heavy atom. The highest BCUT2D eigenvalue weighted by Crippen LogP contribution is 2.21. The van der Waals surface area contributed by atoms with Crippen LogP contribution in [-0.4, -0.2) is 18.4 Å². The molecular weight excluding hydrogens is 384 g/mol. The van der Waals surface area contributed by atoms with Crippen LogP contribution in [0.2, 0.25) is 5.02 Å². The minimum absolute atomic E-state index is 0.114. The molecule has 1 heterocycles. The summed E-state index contributed by atoms with van der Waals surface area (Å²) < 4.78 is 5.42. The van der Waals surface area contributed by atoms with E-state index < -0.39 is 0 Å². The third-order valence-corrected chi connectivity index (χ3v) is 4.81.